The van der Waals surface area contributed by atoms with Gasteiger partial charge in [-0.3, -0.25) is 15.6 Å². The molecule has 20 heavy (non-hydrogen) atoms. The number of methoxy groups -OCH3 is 1. The molecule has 2 heterocycles. The van der Waals surface area contributed by atoms with Crippen molar-refractivity contribution in [3.63, 3.8) is 0 Å². The Balaban J connectivity index is 2.23. The smallest absolute Gasteiger partial charge is 0.257 e. The molecule has 0 aliphatic carbocycles. The minimum Gasteiger partial charge on any atom is -0.377 e. The lowest BCUT2D eigenvalue weighted by Crippen LogP contribution is -2.49. The van der Waals surface area contributed by atoms with E-state index in [0.29, 0.717) is 17.8 Å². The van der Waals surface area contributed by atoms with Crippen molar-refractivity contribution >= 4 is 11.6 Å². The van der Waals surface area contributed by atoms with E-state index in [1.807, 2.05) is 13.8 Å². The second kappa shape index (κ2) is 5.76. The lowest BCUT2D eigenvalue weighted by atomic mass is 9.94. The number of carbonyl (C=O) groups is 1. The van der Waals surface area contributed by atoms with Crippen LogP contribution >= 0.6 is 0 Å². The fourth-order valence-corrected chi connectivity index (χ4v) is 2.57. The van der Waals surface area contributed by atoms with Crippen LogP contribution in [-0.4, -0.2) is 41.6 Å². The number of anilines is 1. The van der Waals surface area contributed by atoms with E-state index in [-0.39, 0.29) is 11.5 Å². The number of nitrogens with two attached hydrogens (primary N) is 1. The van der Waals surface area contributed by atoms with Gasteiger partial charge in [-0.25, -0.2) is 0 Å². The van der Waals surface area contributed by atoms with Crippen molar-refractivity contribution in [2.45, 2.75) is 32.3 Å². The summed E-state index contributed by atoms with van der Waals surface area (Å²) < 4.78 is 5.52. The van der Waals surface area contributed by atoms with Crippen LogP contribution in [0.15, 0.2) is 12.3 Å². The summed E-state index contributed by atoms with van der Waals surface area (Å²) in [5, 5.41) is 0. The zero-order chi connectivity index (χ0) is 14.8. The van der Waals surface area contributed by atoms with Crippen molar-refractivity contribution < 1.29 is 9.53 Å². The van der Waals surface area contributed by atoms with E-state index < -0.39 is 0 Å². The molecule has 6 heteroatoms. The van der Waals surface area contributed by atoms with E-state index in [2.05, 4.69) is 10.4 Å². The van der Waals surface area contributed by atoms with Gasteiger partial charge in [0.2, 0.25) is 0 Å². The molecule has 1 aliphatic heterocycles. The minimum absolute atomic E-state index is 0.0616. The summed E-state index contributed by atoms with van der Waals surface area (Å²) >= 11 is 0. The van der Waals surface area contributed by atoms with Gasteiger partial charge in [0.25, 0.3) is 5.91 Å². The van der Waals surface area contributed by atoms with Crippen molar-refractivity contribution in [3.8, 4) is 0 Å². The van der Waals surface area contributed by atoms with Crippen molar-refractivity contribution in [2.24, 2.45) is 5.84 Å². The monoisotopic (exact) mass is 278 g/mol. The summed E-state index contributed by atoms with van der Waals surface area (Å²) in [5.74, 6) is 5.43. The molecule has 1 saturated heterocycles. The highest BCUT2D eigenvalue weighted by molar-refractivity contribution is 5.99. The normalized spacial score (nSPS) is 22.7. The van der Waals surface area contributed by atoms with Gasteiger partial charge in [-0.15, -0.1) is 0 Å². The minimum atomic E-state index is -0.275. The van der Waals surface area contributed by atoms with Gasteiger partial charge < -0.3 is 15.1 Å². The highest BCUT2D eigenvalue weighted by Crippen LogP contribution is 2.26. The van der Waals surface area contributed by atoms with Crippen LogP contribution < -0.4 is 11.3 Å². The zero-order valence-corrected chi connectivity index (χ0v) is 12.3. The lowest BCUT2D eigenvalue weighted by molar-refractivity contribution is -0.0440. The molecule has 110 valence electrons. The van der Waals surface area contributed by atoms with Crippen LogP contribution in [0.4, 0.5) is 5.69 Å². The summed E-state index contributed by atoms with van der Waals surface area (Å²) in [7, 11) is 1.69. The summed E-state index contributed by atoms with van der Waals surface area (Å²) in [5.41, 5.74) is 4.21. The summed E-state index contributed by atoms with van der Waals surface area (Å²) in [6.45, 7) is 5.20. The Labute approximate surface area is 119 Å². The number of aryl methyl sites for hydroxylation is 1. The number of likely N-dealkylation sites (tertiary alicyclic amines) is 1. The molecule has 0 spiro atoms. The van der Waals surface area contributed by atoms with Gasteiger partial charge in [0.1, 0.15) is 0 Å². The maximum atomic E-state index is 12.6. The fraction of sp³-hybridized carbons (Fsp3) is 0.571. The lowest BCUT2D eigenvalue weighted by Gasteiger charge is -2.39. The quantitative estimate of drug-likeness (QED) is 0.644. The van der Waals surface area contributed by atoms with Crippen LogP contribution in [0.2, 0.25) is 0 Å². The number of nitrogens with one attached hydrogen (secondary N) is 1. The maximum Gasteiger partial charge on any atom is 0.257 e. The Morgan fingerprint density at radius 3 is 3.00 bits per heavy atom. The number of aromatic nitrogens is 1. The molecule has 0 saturated carbocycles. The summed E-state index contributed by atoms with van der Waals surface area (Å²) in [6.07, 6.45) is 3.47. The average Bonchev–Trinajstić information content (AvgIpc) is 2.46. The molecule has 1 fully saturated rings. The molecule has 0 radical (unpaired) electrons. The van der Waals surface area contributed by atoms with Crippen LogP contribution in [0.1, 0.15) is 35.8 Å². The molecule has 1 aromatic heterocycles. The molecule has 0 bridgehead atoms. The van der Waals surface area contributed by atoms with Gasteiger partial charge in [0.15, 0.2) is 0 Å². The first-order valence-corrected chi connectivity index (χ1v) is 6.77. The first-order valence-electron chi connectivity index (χ1n) is 6.77. The molecule has 6 nitrogen and oxygen atoms in total. The van der Waals surface area contributed by atoms with E-state index in [0.717, 1.165) is 25.1 Å². The molecular weight excluding hydrogens is 256 g/mol. The first-order chi connectivity index (χ1) is 9.49. The van der Waals surface area contributed by atoms with Crippen LogP contribution in [0.25, 0.3) is 0 Å². The molecule has 1 unspecified atom stereocenters. The van der Waals surface area contributed by atoms with Crippen molar-refractivity contribution in [1.29, 1.82) is 0 Å². The molecular formula is C14H22N4O2. The number of ether oxygens (including phenoxy) is 1. The third-order valence-electron chi connectivity index (χ3n) is 3.87. The highest BCUT2D eigenvalue weighted by atomic mass is 16.5. The number of piperidine rings is 1. The third-order valence-corrected chi connectivity index (χ3v) is 3.87. The molecule has 2 rings (SSSR count). The number of nitrogen functional groups attached to an aromatic ring is 1. The van der Waals surface area contributed by atoms with Gasteiger partial charge in [-0.1, -0.05) is 0 Å². The molecule has 1 aliphatic rings. The Bertz CT molecular complexity index is 506. The number of pyridine rings is 1. The molecule has 0 aromatic carbocycles. The Hall–Kier alpha value is -1.66. The largest absolute Gasteiger partial charge is 0.377 e. The van der Waals surface area contributed by atoms with Gasteiger partial charge in [0, 0.05) is 32.1 Å². The topological polar surface area (TPSA) is 80.5 Å². The highest BCUT2D eigenvalue weighted by Gasteiger charge is 2.34. The SMILES string of the molecule is COC1(C)CCCN(C(=O)c2cnc(C)cc2NN)C1. The number of hydrazine groups is 1. The number of carbonyl (C=O) groups excluding carboxylic acids is 1. The number of nitrogens with zero attached hydrogens (tertiary/aromatic N) is 2. The van der Waals surface area contributed by atoms with E-state index in [1.165, 1.54) is 0 Å². The number of hydrogen-bond donors (Lipinski definition) is 2. The Kier molecular flexibility index (Phi) is 4.25. The predicted molar refractivity (Wildman–Crippen MR) is 77.3 cm³/mol. The van der Waals surface area contributed by atoms with Gasteiger partial charge >= 0.3 is 0 Å². The number of rotatable bonds is 3. The average molecular weight is 278 g/mol. The van der Waals surface area contributed by atoms with Crippen LogP contribution in [0, 0.1) is 6.92 Å². The van der Waals surface area contributed by atoms with Crippen molar-refractivity contribution in [1.82, 2.24) is 9.88 Å². The standard InChI is InChI=1S/C14H22N4O2/c1-10-7-12(17-15)11(8-16-10)13(19)18-6-4-5-14(2,9-18)20-3/h7-8H,4-6,9,15H2,1-3H3,(H,16,17). The van der Waals surface area contributed by atoms with Crippen molar-refractivity contribution in [3.05, 3.63) is 23.5 Å². The van der Waals surface area contributed by atoms with E-state index >= 15 is 0 Å². The van der Waals surface area contributed by atoms with Gasteiger partial charge in [-0.2, -0.15) is 0 Å². The third kappa shape index (κ3) is 2.91. The predicted octanol–water partition coefficient (Wildman–Crippen LogP) is 1.32. The molecule has 3 N–H and O–H groups in total. The van der Waals surface area contributed by atoms with Crippen LogP contribution in [0.5, 0.6) is 0 Å². The molecule has 1 atom stereocenters. The van der Waals surface area contributed by atoms with Gasteiger partial charge in [0.05, 0.1) is 16.9 Å². The molecule has 1 aromatic rings. The number of amides is 1. The fourth-order valence-electron chi connectivity index (χ4n) is 2.57. The second-order valence-corrected chi connectivity index (χ2v) is 5.50. The zero-order valence-electron chi connectivity index (χ0n) is 12.3. The van der Waals surface area contributed by atoms with Crippen molar-refractivity contribution in [2.75, 3.05) is 25.6 Å². The van der Waals surface area contributed by atoms with E-state index in [9.17, 15) is 4.79 Å². The summed E-state index contributed by atoms with van der Waals surface area (Å²) in [4.78, 5) is 18.6. The Morgan fingerprint density at radius 1 is 1.60 bits per heavy atom. The summed E-state index contributed by atoms with van der Waals surface area (Å²) in [6, 6.07) is 1.77. The van der Waals surface area contributed by atoms with Crippen LogP contribution in [-0.2, 0) is 4.74 Å². The van der Waals surface area contributed by atoms with Crippen LogP contribution in [0.3, 0.4) is 0 Å². The Morgan fingerprint density at radius 2 is 2.35 bits per heavy atom. The van der Waals surface area contributed by atoms with E-state index in [4.69, 9.17) is 10.6 Å². The van der Waals surface area contributed by atoms with E-state index in [1.54, 1.807) is 24.3 Å². The maximum absolute atomic E-state index is 12.6. The number of hydrogen-bond acceptors (Lipinski definition) is 5. The van der Waals surface area contributed by atoms with Gasteiger partial charge in [-0.05, 0) is 32.8 Å². The first kappa shape index (κ1) is 14.7. The second-order valence-electron chi connectivity index (χ2n) is 5.50. The molecule has 1 amide bonds.